The monoisotopic (exact) mass is 304 g/mol. The summed E-state index contributed by atoms with van der Waals surface area (Å²) in [5, 5.41) is 10.4. The third-order valence-electron chi connectivity index (χ3n) is 2.58. The summed E-state index contributed by atoms with van der Waals surface area (Å²) in [6.07, 6.45) is -4.89. The number of nitrogens with one attached hydrogen (secondary N) is 1. The molecule has 0 aromatic heterocycles. The third-order valence-corrected chi connectivity index (χ3v) is 2.58. The molecule has 0 aliphatic carbocycles. The zero-order chi connectivity index (χ0) is 16.0. The van der Waals surface area contributed by atoms with Gasteiger partial charge in [0.25, 0.3) is 0 Å². The smallest absolute Gasteiger partial charge is 0.405 e. The molecule has 0 aliphatic rings. The van der Waals surface area contributed by atoms with Gasteiger partial charge in [0.15, 0.2) is 0 Å². The molecule has 0 atom stereocenters. The molecule has 0 saturated carbocycles. The van der Waals surface area contributed by atoms with Gasteiger partial charge < -0.3 is 10.4 Å². The number of carboxylic acids is 1. The molecule has 0 spiro atoms. The number of aliphatic carboxylic acids is 1. The number of amides is 2. The minimum atomic E-state index is -4.53. The number of hydrogen-bond acceptors (Lipinski definition) is 2. The van der Waals surface area contributed by atoms with E-state index >= 15 is 0 Å². The predicted molar refractivity (Wildman–Crippen MR) is 70.2 cm³/mol. The van der Waals surface area contributed by atoms with Crippen molar-refractivity contribution in [1.82, 2.24) is 5.32 Å². The molecular formula is C13H15F3N2O3. The lowest BCUT2D eigenvalue weighted by Crippen LogP contribution is -2.44. The Hall–Kier alpha value is -2.25. The summed E-state index contributed by atoms with van der Waals surface area (Å²) in [7, 11) is 0. The Bertz CT molecular complexity index is 500. The SMILES string of the molecule is Cc1ccc(N(CCC(=O)O)C(=O)NCC(F)(F)F)cc1. The second-order valence-corrected chi connectivity index (χ2v) is 4.40. The van der Waals surface area contributed by atoms with E-state index in [1.54, 1.807) is 29.6 Å². The fraction of sp³-hybridized carbons (Fsp3) is 0.385. The van der Waals surface area contributed by atoms with Gasteiger partial charge in [0.2, 0.25) is 0 Å². The summed E-state index contributed by atoms with van der Waals surface area (Å²) in [5.41, 5.74) is 1.24. The highest BCUT2D eigenvalue weighted by Gasteiger charge is 2.29. The highest BCUT2D eigenvalue weighted by molar-refractivity contribution is 5.92. The molecule has 0 aliphatic heterocycles. The molecule has 0 bridgehead atoms. The molecular weight excluding hydrogens is 289 g/mol. The number of anilines is 1. The number of carboxylic acid groups (broad SMARTS) is 1. The summed E-state index contributed by atoms with van der Waals surface area (Å²) in [5.74, 6) is -1.14. The van der Waals surface area contributed by atoms with Crippen LogP contribution in [0.1, 0.15) is 12.0 Å². The number of urea groups is 1. The number of benzene rings is 1. The molecule has 2 amide bonds. The van der Waals surface area contributed by atoms with Gasteiger partial charge in [-0.3, -0.25) is 9.69 Å². The second-order valence-electron chi connectivity index (χ2n) is 4.40. The van der Waals surface area contributed by atoms with E-state index in [0.29, 0.717) is 5.69 Å². The molecule has 1 rings (SSSR count). The van der Waals surface area contributed by atoms with Crippen molar-refractivity contribution in [2.24, 2.45) is 0 Å². The fourth-order valence-corrected chi connectivity index (χ4v) is 1.55. The van der Waals surface area contributed by atoms with E-state index < -0.39 is 24.7 Å². The van der Waals surface area contributed by atoms with E-state index in [1.165, 1.54) is 0 Å². The minimum Gasteiger partial charge on any atom is -0.481 e. The van der Waals surface area contributed by atoms with Gasteiger partial charge >= 0.3 is 18.2 Å². The van der Waals surface area contributed by atoms with Crippen LogP contribution in [0.25, 0.3) is 0 Å². The van der Waals surface area contributed by atoms with E-state index in [9.17, 15) is 22.8 Å². The fourth-order valence-electron chi connectivity index (χ4n) is 1.55. The van der Waals surface area contributed by atoms with Crippen LogP contribution in [-0.2, 0) is 4.79 Å². The Labute approximate surface area is 119 Å². The number of hydrogen-bond donors (Lipinski definition) is 2. The maximum Gasteiger partial charge on any atom is 0.405 e. The Balaban J connectivity index is 2.83. The number of halogens is 3. The molecule has 8 heteroatoms. The Kier molecular flexibility index (Phi) is 5.57. The summed E-state index contributed by atoms with van der Waals surface area (Å²) in [6, 6.07) is 5.46. The van der Waals surface area contributed by atoms with Crippen molar-refractivity contribution in [3.05, 3.63) is 29.8 Å². The molecule has 5 nitrogen and oxygen atoms in total. The van der Waals surface area contributed by atoms with Crippen LogP contribution in [0.15, 0.2) is 24.3 Å². The van der Waals surface area contributed by atoms with Crippen LogP contribution in [0.4, 0.5) is 23.7 Å². The maximum atomic E-state index is 12.1. The first-order valence-electron chi connectivity index (χ1n) is 6.09. The quantitative estimate of drug-likeness (QED) is 0.878. The highest BCUT2D eigenvalue weighted by Crippen LogP contribution is 2.17. The first-order valence-corrected chi connectivity index (χ1v) is 6.09. The van der Waals surface area contributed by atoms with Crippen LogP contribution < -0.4 is 10.2 Å². The Morgan fingerprint density at radius 3 is 2.29 bits per heavy atom. The van der Waals surface area contributed by atoms with Gasteiger partial charge in [0.05, 0.1) is 6.42 Å². The number of carbonyl (C=O) groups excluding carboxylic acids is 1. The van der Waals surface area contributed by atoms with Gasteiger partial charge in [0, 0.05) is 12.2 Å². The number of carbonyl (C=O) groups is 2. The van der Waals surface area contributed by atoms with E-state index in [-0.39, 0.29) is 13.0 Å². The average Bonchev–Trinajstić information content (AvgIpc) is 2.37. The summed E-state index contributed by atoms with van der Waals surface area (Å²) in [4.78, 5) is 23.4. The normalized spacial score (nSPS) is 11.0. The average molecular weight is 304 g/mol. The zero-order valence-electron chi connectivity index (χ0n) is 11.3. The van der Waals surface area contributed by atoms with Crippen LogP contribution in [-0.4, -0.2) is 36.4 Å². The van der Waals surface area contributed by atoms with E-state index in [2.05, 4.69) is 0 Å². The summed E-state index contributed by atoms with van der Waals surface area (Å²) in [6.45, 7) is 0.123. The highest BCUT2D eigenvalue weighted by atomic mass is 19.4. The molecule has 21 heavy (non-hydrogen) atoms. The number of aryl methyl sites for hydroxylation is 1. The topological polar surface area (TPSA) is 69.6 Å². The van der Waals surface area contributed by atoms with Gasteiger partial charge in [-0.15, -0.1) is 0 Å². The van der Waals surface area contributed by atoms with Crippen molar-refractivity contribution in [2.75, 3.05) is 18.0 Å². The standard InChI is InChI=1S/C13H15F3N2O3/c1-9-2-4-10(5-3-9)18(7-6-11(19)20)12(21)17-8-13(14,15)16/h2-5H,6-8H2,1H3,(H,17,21)(H,19,20). The lowest BCUT2D eigenvalue weighted by molar-refractivity contribution is -0.136. The van der Waals surface area contributed by atoms with Gasteiger partial charge in [-0.25, -0.2) is 4.79 Å². The largest absolute Gasteiger partial charge is 0.481 e. The zero-order valence-corrected chi connectivity index (χ0v) is 11.3. The summed E-state index contributed by atoms with van der Waals surface area (Å²) < 4.78 is 36.4. The van der Waals surface area contributed by atoms with Gasteiger partial charge in [0.1, 0.15) is 6.54 Å². The molecule has 0 radical (unpaired) electrons. The Morgan fingerprint density at radius 2 is 1.81 bits per heavy atom. The first-order chi connectivity index (χ1) is 9.69. The molecule has 0 saturated heterocycles. The number of nitrogens with zero attached hydrogens (tertiary/aromatic N) is 1. The molecule has 0 fully saturated rings. The van der Waals surface area contributed by atoms with Crippen molar-refractivity contribution in [1.29, 1.82) is 0 Å². The maximum absolute atomic E-state index is 12.1. The van der Waals surface area contributed by atoms with Crippen molar-refractivity contribution in [2.45, 2.75) is 19.5 Å². The third kappa shape index (κ3) is 6.15. The van der Waals surface area contributed by atoms with Crippen LogP contribution in [0.3, 0.4) is 0 Å². The molecule has 116 valence electrons. The predicted octanol–water partition coefficient (Wildman–Crippen LogP) is 2.55. The van der Waals surface area contributed by atoms with Crippen LogP contribution >= 0.6 is 0 Å². The van der Waals surface area contributed by atoms with Gasteiger partial charge in [-0.1, -0.05) is 17.7 Å². The number of alkyl halides is 3. The second kappa shape index (κ2) is 6.96. The summed E-state index contributed by atoms with van der Waals surface area (Å²) >= 11 is 0. The Morgan fingerprint density at radius 1 is 1.24 bits per heavy atom. The molecule has 1 aromatic carbocycles. The lowest BCUT2D eigenvalue weighted by Gasteiger charge is -2.23. The van der Waals surface area contributed by atoms with E-state index in [0.717, 1.165) is 10.5 Å². The van der Waals surface area contributed by atoms with Crippen LogP contribution in [0.5, 0.6) is 0 Å². The van der Waals surface area contributed by atoms with Crippen molar-refractivity contribution < 1.29 is 27.9 Å². The van der Waals surface area contributed by atoms with Gasteiger partial charge in [-0.05, 0) is 19.1 Å². The van der Waals surface area contributed by atoms with Crippen molar-refractivity contribution in [3.8, 4) is 0 Å². The molecule has 0 unspecified atom stereocenters. The molecule has 0 heterocycles. The minimum absolute atomic E-state index is 0.220. The molecule has 1 aromatic rings. The first kappa shape index (κ1) is 16.8. The van der Waals surface area contributed by atoms with Crippen molar-refractivity contribution >= 4 is 17.7 Å². The van der Waals surface area contributed by atoms with E-state index in [4.69, 9.17) is 5.11 Å². The van der Waals surface area contributed by atoms with Crippen molar-refractivity contribution in [3.63, 3.8) is 0 Å². The van der Waals surface area contributed by atoms with Gasteiger partial charge in [-0.2, -0.15) is 13.2 Å². The number of rotatable bonds is 5. The van der Waals surface area contributed by atoms with Crippen LogP contribution in [0.2, 0.25) is 0 Å². The van der Waals surface area contributed by atoms with E-state index in [1.807, 2.05) is 6.92 Å². The molecule has 2 N–H and O–H groups in total. The lowest BCUT2D eigenvalue weighted by atomic mass is 10.2. The van der Waals surface area contributed by atoms with Crippen LogP contribution in [0, 0.1) is 6.92 Å².